The van der Waals surface area contributed by atoms with Crippen LogP contribution < -0.4 is 0 Å². The van der Waals surface area contributed by atoms with Crippen LogP contribution in [0, 0.1) is 23.2 Å². The normalized spacial score (nSPS) is 40.1. The van der Waals surface area contributed by atoms with Gasteiger partial charge in [-0.2, -0.15) is 0 Å². The molecular weight excluding hydrogens is 308 g/mol. The molecule has 2 fully saturated rings. The molecule has 1 N–H and O–H groups in total. The third-order valence-electron chi connectivity index (χ3n) is 8.16. The predicted molar refractivity (Wildman–Crippen MR) is 99.1 cm³/mol. The van der Waals surface area contributed by atoms with E-state index in [1.165, 1.54) is 56.1 Å². The first kappa shape index (κ1) is 15.9. The van der Waals surface area contributed by atoms with Crippen molar-refractivity contribution in [2.45, 2.75) is 77.0 Å². The van der Waals surface area contributed by atoms with Crippen molar-refractivity contribution in [3.63, 3.8) is 0 Å². The van der Waals surface area contributed by atoms with Crippen molar-refractivity contribution in [2.24, 2.45) is 23.2 Å². The molecule has 2 nitrogen and oxygen atoms in total. The molecule has 25 heavy (non-hydrogen) atoms. The Kier molecular flexibility index (Phi) is 3.73. The second-order valence-corrected chi connectivity index (χ2v) is 9.11. The maximum atomic E-state index is 12.2. The van der Waals surface area contributed by atoms with Crippen LogP contribution in [0.4, 0.5) is 0 Å². The van der Waals surface area contributed by atoms with Crippen molar-refractivity contribution in [2.75, 3.05) is 0 Å². The van der Waals surface area contributed by atoms with Gasteiger partial charge in [0.2, 0.25) is 0 Å². The quantitative estimate of drug-likeness (QED) is 0.655. The van der Waals surface area contributed by atoms with Gasteiger partial charge in [0, 0.05) is 0 Å². The van der Waals surface area contributed by atoms with Crippen molar-refractivity contribution in [1.29, 1.82) is 0 Å². The molecule has 0 amide bonds. The number of allylic oxidation sites excluding steroid dienone is 5. The van der Waals surface area contributed by atoms with Gasteiger partial charge in [0.25, 0.3) is 0 Å². The minimum absolute atomic E-state index is 0.527. The first-order valence-electron chi connectivity index (χ1n) is 10.6. The van der Waals surface area contributed by atoms with Crippen molar-refractivity contribution >= 4 is 5.97 Å². The van der Waals surface area contributed by atoms with Crippen LogP contribution in [-0.2, 0) is 4.79 Å². The fourth-order valence-electron chi connectivity index (χ4n) is 6.97. The minimum atomic E-state index is -0.554. The van der Waals surface area contributed by atoms with Crippen LogP contribution in [0.2, 0.25) is 0 Å². The van der Waals surface area contributed by atoms with Gasteiger partial charge in [0.15, 0.2) is 0 Å². The summed E-state index contributed by atoms with van der Waals surface area (Å²) in [6, 6.07) is 0. The van der Waals surface area contributed by atoms with Crippen LogP contribution >= 0.6 is 0 Å². The Morgan fingerprint density at radius 1 is 0.880 bits per heavy atom. The van der Waals surface area contributed by atoms with Crippen LogP contribution in [0.25, 0.3) is 0 Å². The van der Waals surface area contributed by atoms with E-state index in [4.69, 9.17) is 0 Å². The molecule has 0 aromatic heterocycles. The molecular formula is C23H30O2. The summed E-state index contributed by atoms with van der Waals surface area (Å²) in [5.41, 5.74) is 5.68. The standard InChI is InChI=1S/C23H30O2/c24-22(25)23-13-4-3-7-21(23)20-11-10-17-16-6-2-1-5-15(16)8-9-18(17)19(20)12-14-23/h10-11,15,18-19H,1-9,12-14H2,(H,24,25). The zero-order valence-corrected chi connectivity index (χ0v) is 15.2. The SMILES string of the molecule is O=C(O)C12CCCCC1=C1C=CC3=C4CCCCC4CCC3C1CC2. The fraction of sp³-hybridized carbons (Fsp3) is 0.696. The third-order valence-corrected chi connectivity index (χ3v) is 8.16. The van der Waals surface area contributed by atoms with Gasteiger partial charge in [0.1, 0.15) is 0 Å². The Balaban J connectivity index is 1.61. The van der Waals surface area contributed by atoms with Gasteiger partial charge in [0.05, 0.1) is 5.41 Å². The van der Waals surface area contributed by atoms with E-state index < -0.39 is 11.4 Å². The lowest BCUT2D eigenvalue weighted by atomic mass is 9.55. The number of hydrogen-bond donors (Lipinski definition) is 1. The number of carbonyl (C=O) groups is 1. The highest BCUT2D eigenvalue weighted by atomic mass is 16.4. The maximum Gasteiger partial charge on any atom is 0.313 e. The monoisotopic (exact) mass is 338 g/mol. The Morgan fingerprint density at radius 2 is 1.68 bits per heavy atom. The molecule has 0 bridgehead atoms. The average molecular weight is 338 g/mol. The summed E-state index contributed by atoms with van der Waals surface area (Å²) >= 11 is 0. The predicted octanol–water partition coefficient (Wildman–Crippen LogP) is 5.80. The average Bonchev–Trinajstić information content (AvgIpc) is 2.66. The van der Waals surface area contributed by atoms with Crippen LogP contribution in [0.15, 0.2) is 34.4 Å². The van der Waals surface area contributed by atoms with Gasteiger partial charge in [-0.05, 0) is 98.7 Å². The molecule has 0 radical (unpaired) electrons. The molecule has 4 atom stereocenters. The molecule has 5 aliphatic rings. The van der Waals surface area contributed by atoms with Crippen LogP contribution in [0.1, 0.15) is 77.0 Å². The van der Waals surface area contributed by atoms with Gasteiger partial charge in [-0.3, -0.25) is 4.79 Å². The van der Waals surface area contributed by atoms with Crippen molar-refractivity contribution < 1.29 is 9.90 Å². The van der Waals surface area contributed by atoms with Crippen LogP contribution in [-0.4, -0.2) is 11.1 Å². The van der Waals surface area contributed by atoms with Gasteiger partial charge in [-0.25, -0.2) is 0 Å². The third kappa shape index (κ3) is 2.25. The number of carboxylic acid groups (broad SMARTS) is 1. The van der Waals surface area contributed by atoms with Gasteiger partial charge < -0.3 is 5.11 Å². The van der Waals surface area contributed by atoms with E-state index in [1.807, 2.05) is 0 Å². The molecule has 2 saturated carbocycles. The van der Waals surface area contributed by atoms with Crippen LogP contribution in [0.3, 0.4) is 0 Å². The summed E-state index contributed by atoms with van der Waals surface area (Å²) in [6.07, 6.45) is 19.1. The smallest absolute Gasteiger partial charge is 0.313 e. The summed E-state index contributed by atoms with van der Waals surface area (Å²) in [5, 5.41) is 10.0. The molecule has 5 rings (SSSR count). The highest BCUT2D eigenvalue weighted by Gasteiger charge is 2.50. The van der Waals surface area contributed by atoms with E-state index in [0.29, 0.717) is 11.8 Å². The number of carboxylic acids is 1. The highest BCUT2D eigenvalue weighted by molar-refractivity contribution is 5.80. The van der Waals surface area contributed by atoms with E-state index in [0.717, 1.165) is 38.0 Å². The Bertz CT molecular complexity index is 695. The number of aliphatic carboxylic acids is 1. The van der Waals surface area contributed by atoms with Gasteiger partial charge in [-0.1, -0.05) is 30.6 Å². The van der Waals surface area contributed by atoms with E-state index in [2.05, 4.69) is 12.2 Å². The van der Waals surface area contributed by atoms with Crippen molar-refractivity contribution in [3.05, 3.63) is 34.4 Å². The zero-order valence-electron chi connectivity index (χ0n) is 15.2. The van der Waals surface area contributed by atoms with E-state index in [1.54, 1.807) is 11.1 Å². The van der Waals surface area contributed by atoms with Gasteiger partial charge >= 0.3 is 5.97 Å². The molecule has 0 aromatic rings. The van der Waals surface area contributed by atoms with Crippen molar-refractivity contribution in [3.8, 4) is 0 Å². The summed E-state index contributed by atoms with van der Waals surface area (Å²) < 4.78 is 0. The van der Waals surface area contributed by atoms with Crippen molar-refractivity contribution in [1.82, 2.24) is 0 Å². The summed E-state index contributed by atoms with van der Waals surface area (Å²) in [6.45, 7) is 0. The molecule has 134 valence electrons. The molecule has 0 spiro atoms. The highest BCUT2D eigenvalue weighted by Crippen LogP contribution is 2.57. The molecule has 0 aromatic carbocycles. The maximum absolute atomic E-state index is 12.2. The molecule has 5 aliphatic carbocycles. The lowest BCUT2D eigenvalue weighted by Crippen LogP contribution is -2.42. The Hall–Kier alpha value is -1.31. The minimum Gasteiger partial charge on any atom is -0.481 e. The molecule has 4 unspecified atom stereocenters. The summed E-state index contributed by atoms with van der Waals surface area (Å²) in [5.74, 6) is 1.60. The molecule has 0 aliphatic heterocycles. The zero-order chi connectivity index (χ0) is 17.0. The Labute approximate surface area is 151 Å². The lowest BCUT2D eigenvalue weighted by molar-refractivity contribution is -0.148. The van der Waals surface area contributed by atoms with Gasteiger partial charge in [-0.15, -0.1) is 0 Å². The van der Waals surface area contributed by atoms with E-state index in [9.17, 15) is 9.90 Å². The lowest BCUT2D eigenvalue weighted by Gasteiger charge is -2.49. The van der Waals surface area contributed by atoms with Crippen LogP contribution in [0.5, 0.6) is 0 Å². The topological polar surface area (TPSA) is 37.3 Å². The number of rotatable bonds is 1. The molecule has 0 heterocycles. The summed E-state index contributed by atoms with van der Waals surface area (Å²) in [4.78, 5) is 12.2. The van der Waals surface area contributed by atoms with E-state index >= 15 is 0 Å². The second kappa shape index (κ2) is 5.86. The van der Waals surface area contributed by atoms with E-state index in [-0.39, 0.29) is 0 Å². The molecule has 0 saturated heterocycles. The fourth-order valence-corrected chi connectivity index (χ4v) is 6.97. The first-order valence-corrected chi connectivity index (χ1v) is 10.6. The number of hydrogen-bond acceptors (Lipinski definition) is 1. The molecule has 2 heteroatoms. The largest absolute Gasteiger partial charge is 0.481 e. The first-order chi connectivity index (χ1) is 12.2. The number of fused-ring (bicyclic) bond motifs is 5. The second-order valence-electron chi connectivity index (χ2n) is 9.11. The Morgan fingerprint density at radius 3 is 2.56 bits per heavy atom. The summed E-state index contributed by atoms with van der Waals surface area (Å²) in [7, 11) is 0.